The number of carboxylic acids is 1. The van der Waals surface area contributed by atoms with Gasteiger partial charge in [0.1, 0.15) is 5.76 Å². The van der Waals surface area contributed by atoms with E-state index in [-0.39, 0.29) is 5.76 Å². The molecule has 0 spiro atoms. The molecular formula is C11H9O4-. The van der Waals surface area contributed by atoms with Gasteiger partial charge in [0.2, 0.25) is 0 Å². The first-order chi connectivity index (χ1) is 7.19. The number of carbonyl (C=O) groups is 2. The van der Waals surface area contributed by atoms with Crippen LogP contribution in [-0.2, 0) is 9.53 Å². The van der Waals surface area contributed by atoms with Crippen molar-refractivity contribution in [3.8, 4) is 0 Å². The molecule has 0 aliphatic carbocycles. The van der Waals surface area contributed by atoms with Crippen LogP contribution in [0.2, 0.25) is 0 Å². The summed E-state index contributed by atoms with van der Waals surface area (Å²) in [7, 11) is 1.33. The van der Waals surface area contributed by atoms with Gasteiger partial charge >= 0.3 is 0 Å². The van der Waals surface area contributed by atoms with Crippen LogP contribution in [0.1, 0.15) is 15.9 Å². The van der Waals surface area contributed by atoms with E-state index in [1.54, 1.807) is 24.3 Å². The molecule has 1 aromatic carbocycles. The second-order valence-corrected chi connectivity index (χ2v) is 2.74. The summed E-state index contributed by atoms with van der Waals surface area (Å²) in [4.78, 5) is 21.1. The normalized spacial score (nSPS) is 10.9. The van der Waals surface area contributed by atoms with E-state index < -0.39 is 5.97 Å². The first kappa shape index (κ1) is 11.0. The highest BCUT2D eigenvalue weighted by molar-refractivity contribution is 5.91. The largest absolute Gasteiger partial charge is 0.545 e. The smallest absolute Gasteiger partial charge is 0.150 e. The Morgan fingerprint density at radius 1 is 1.40 bits per heavy atom. The molecule has 15 heavy (non-hydrogen) atoms. The highest BCUT2D eigenvalue weighted by Crippen LogP contribution is 2.18. The number of rotatable bonds is 4. The van der Waals surface area contributed by atoms with Crippen molar-refractivity contribution in [2.45, 2.75) is 0 Å². The quantitative estimate of drug-likeness (QED) is 0.401. The van der Waals surface area contributed by atoms with Gasteiger partial charge in [-0.2, -0.15) is 0 Å². The van der Waals surface area contributed by atoms with E-state index in [1.807, 2.05) is 0 Å². The summed E-state index contributed by atoms with van der Waals surface area (Å²) in [5.74, 6) is -1.27. The Morgan fingerprint density at radius 3 is 2.60 bits per heavy atom. The van der Waals surface area contributed by atoms with Crippen LogP contribution in [-0.4, -0.2) is 19.4 Å². The van der Waals surface area contributed by atoms with Crippen LogP contribution >= 0.6 is 0 Å². The fourth-order valence-electron chi connectivity index (χ4n) is 1.18. The Morgan fingerprint density at radius 2 is 2.07 bits per heavy atom. The summed E-state index contributed by atoms with van der Waals surface area (Å²) < 4.78 is 4.87. The van der Waals surface area contributed by atoms with E-state index in [2.05, 4.69) is 0 Å². The van der Waals surface area contributed by atoms with Crippen molar-refractivity contribution >= 4 is 18.0 Å². The second kappa shape index (κ2) is 4.95. The number of aliphatic carboxylic acids is 1. The zero-order valence-electron chi connectivity index (χ0n) is 8.10. The third-order valence-corrected chi connectivity index (χ3v) is 1.82. The molecule has 1 rings (SSSR count). The number of methoxy groups -OCH3 is 1. The van der Waals surface area contributed by atoms with Crippen LogP contribution < -0.4 is 5.11 Å². The van der Waals surface area contributed by atoms with Gasteiger partial charge in [-0.05, 0) is 0 Å². The molecule has 0 saturated carbocycles. The van der Waals surface area contributed by atoms with E-state index in [0.717, 1.165) is 6.08 Å². The van der Waals surface area contributed by atoms with Crippen molar-refractivity contribution in [2.75, 3.05) is 7.11 Å². The minimum absolute atomic E-state index is 0.0951. The van der Waals surface area contributed by atoms with Crippen LogP contribution in [0.25, 0.3) is 5.76 Å². The van der Waals surface area contributed by atoms with Gasteiger partial charge in [0.15, 0.2) is 6.29 Å². The Bertz CT molecular complexity index is 407. The predicted octanol–water partition coefficient (Wildman–Crippen LogP) is 0.236. The van der Waals surface area contributed by atoms with Crippen LogP contribution in [0.5, 0.6) is 0 Å². The Balaban J connectivity index is 3.23. The molecule has 0 aliphatic rings. The molecule has 0 radical (unpaired) electrons. The van der Waals surface area contributed by atoms with Gasteiger partial charge < -0.3 is 14.6 Å². The molecule has 0 fully saturated rings. The molecule has 0 heterocycles. The summed E-state index contributed by atoms with van der Waals surface area (Å²) in [5, 5.41) is 10.4. The van der Waals surface area contributed by atoms with Crippen LogP contribution in [0, 0.1) is 0 Å². The highest BCUT2D eigenvalue weighted by atomic mass is 16.5. The molecular weight excluding hydrogens is 196 g/mol. The van der Waals surface area contributed by atoms with Crippen LogP contribution in [0.4, 0.5) is 0 Å². The van der Waals surface area contributed by atoms with Crippen LogP contribution in [0.15, 0.2) is 30.3 Å². The van der Waals surface area contributed by atoms with Crippen molar-refractivity contribution in [3.63, 3.8) is 0 Å². The molecule has 4 nitrogen and oxygen atoms in total. The third-order valence-electron chi connectivity index (χ3n) is 1.82. The number of hydrogen-bond acceptors (Lipinski definition) is 4. The van der Waals surface area contributed by atoms with E-state index >= 15 is 0 Å². The Labute approximate surface area is 86.8 Å². The molecule has 0 N–H and O–H groups in total. The van der Waals surface area contributed by atoms with Crippen molar-refractivity contribution in [1.82, 2.24) is 0 Å². The number of benzene rings is 1. The summed E-state index contributed by atoms with van der Waals surface area (Å²) in [6, 6.07) is 6.54. The minimum atomic E-state index is -1.37. The molecule has 0 aliphatic heterocycles. The lowest BCUT2D eigenvalue weighted by Crippen LogP contribution is -2.19. The Kier molecular flexibility index (Phi) is 3.62. The lowest BCUT2D eigenvalue weighted by molar-refractivity contribution is -0.297. The Hall–Kier alpha value is -2.10. The van der Waals surface area contributed by atoms with Crippen molar-refractivity contribution < 1.29 is 19.4 Å². The number of ether oxygens (including phenoxy) is 1. The topological polar surface area (TPSA) is 66.4 Å². The standard InChI is InChI=1S/C11H10O4/c1-15-10(6-11(13)14)9-5-3-2-4-8(9)7-12/h2-7H,1H3,(H,13,14)/p-1/b10-6+. The van der Waals surface area contributed by atoms with E-state index in [0.29, 0.717) is 17.4 Å². The lowest BCUT2D eigenvalue weighted by atomic mass is 10.1. The fourth-order valence-corrected chi connectivity index (χ4v) is 1.18. The monoisotopic (exact) mass is 205 g/mol. The molecule has 0 unspecified atom stereocenters. The van der Waals surface area contributed by atoms with Gasteiger partial charge in [0, 0.05) is 17.2 Å². The lowest BCUT2D eigenvalue weighted by Gasteiger charge is -2.08. The van der Waals surface area contributed by atoms with Crippen molar-refractivity contribution in [2.24, 2.45) is 0 Å². The van der Waals surface area contributed by atoms with Crippen LogP contribution in [0.3, 0.4) is 0 Å². The first-order valence-electron chi connectivity index (χ1n) is 4.20. The van der Waals surface area contributed by atoms with Gasteiger partial charge in [-0.1, -0.05) is 24.3 Å². The molecule has 0 bridgehead atoms. The van der Waals surface area contributed by atoms with Gasteiger partial charge in [-0.15, -0.1) is 0 Å². The number of aldehydes is 1. The summed E-state index contributed by atoms with van der Waals surface area (Å²) in [6.07, 6.45) is 1.44. The fraction of sp³-hybridized carbons (Fsp3) is 0.0909. The first-order valence-corrected chi connectivity index (χ1v) is 4.20. The highest BCUT2D eigenvalue weighted by Gasteiger charge is 2.06. The molecule has 0 amide bonds. The third kappa shape index (κ3) is 2.67. The average molecular weight is 205 g/mol. The van der Waals surface area contributed by atoms with Crippen molar-refractivity contribution in [1.29, 1.82) is 0 Å². The zero-order chi connectivity index (χ0) is 11.3. The van der Waals surface area contributed by atoms with Gasteiger partial charge in [-0.3, -0.25) is 4.79 Å². The maximum absolute atomic E-state index is 10.7. The van der Waals surface area contributed by atoms with Gasteiger partial charge in [0.05, 0.1) is 13.1 Å². The molecule has 0 saturated heterocycles. The summed E-state index contributed by atoms with van der Waals surface area (Å²) in [6.45, 7) is 0. The molecule has 0 aromatic heterocycles. The van der Waals surface area contributed by atoms with Gasteiger partial charge in [-0.25, -0.2) is 0 Å². The molecule has 1 aromatic rings. The second-order valence-electron chi connectivity index (χ2n) is 2.74. The number of hydrogen-bond donors (Lipinski definition) is 0. The number of carboxylic acid groups (broad SMARTS) is 1. The summed E-state index contributed by atoms with van der Waals surface area (Å²) in [5.41, 5.74) is 0.797. The summed E-state index contributed by atoms with van der Waals surface area (Å²) >= 11 is 0. The number of carbonyl (C=O) groups excluding carboxylic acids is 2. The predicted molar refractivity (Wildman–Crippen MR) is 51.8 cm³/mol. The minimum Gasteiger partial charge on any atom is -0.545 e. The SMILES string of the molecule is CO/C(=C/C(=O)[O-])c1ccccc1C=O. The average Bonchev–Trinajstić information content (AvgIpc) is 2.25. The van der Waals surface area contributed by atoms with E-state index in [4.69, 9.17) is 4.74 Å². The van der Waals surface area contributed by atoms with E-state index in [9.17, 15) is 14.7 Å². The molecule has 4 heteroatoms. The maximum atomic E-state index is 10.7. The van der Waals surface area contributed by atoms with E-state index in [1.165, 1.54) is 7.11 Å². The van der Waals surface area contributed by atoms with Gasteiger partial charge in [0.25, 0.3) is 0 Å². The maximum Gasteiger partial charge on any atom is 0.150 e. The zero-order valence-corrected chi connectivity index (χ0v) is 8.10. The molecule has 78 valence electrons. The molecule has 0 atom stereocenters. The van der Waals surface area contributed by atoms with Crippen molar-refractivity contribution in [3.05, 3.63) is 41.5 Å².